The van der Waals surface area contributed by atoms with Crippen LogP contribution in [0.2, 0.25) is 0 Å². The Morgan fingerprint density at radius 3 is 2.59 bits per heavy atom. The van der Waals surface area contributed by atoms with Crippen molar-refractivity contribution in [2.24, 2.45) is 0 Å². The van der Waals surface area contributed by atoms with Crippen molar-refractivity contribution in [2.75, 3.05) is 7.11 Å². The van der Waals surface area contributed by atoms with Crippen molar-refractivity contribution >= 4 is 5.78 Å². The Hall–Kier alpha value is -3.27. The number of ether oxygens (including phenoxy) is 2. The van der Waals surface area contributed by atoms with Gasteiger partial charge in [0.1, 0.15) is 11.9 Å². The van der Waals surface area contributed by atoms with E-state index in [4.69, 9.17) is 9.47 Å². The molecule has 0 saturated carbocycles. The number of rotatable bonds is 4. The van der Waals surface area contributed by atoms with Crippen LogP contribution in [0.4, 0.5) is 0 Å². The van der Waals surface area contributed by atoms with Crippen LogP contribution in [0.1, 0.15) is 39.6 Å². The number of phenols is 1. The first-order chi connectivity index (χ1) is 13.2. The van der Waals surface area contributed by atoms with Gasteiger partial charge in [-0.05, 0) is 41.8 Å². The van der Waals surface area contributed by atoms with Crippen molar-refractivity contribution in [3.63, 3.8) is 0 Å². The maximum atomic E-state index is 12.6. The van der Waals surface area contributed by atoms with Crippen LogP contribution in [0.15, 0.2) is 66.7 Å². The van der Waals surface area contributed by atoms with Crippen molar-refractivity contribution in [2.45, 2.75) is 18.9 Å². The Labute approximate surface area is 158 Å². The van der Waals surface area contributed by atoms with Crippen molar-refractivity contribution in [3.8, 4) is 17.2 Å². The Morgan fingerprint density at radius 2 is 1.81 bits per heavy atom. The molecule has 136 valence electrons. The van der Waals surface area contributed by atoms with Crippen LogP contribution in [0.3, 0.4) is 0 Å². The third-order valence-corrected chi connectivity index (χ3v) is 4.85. The lowest BCUT2D eigenvalue weighted by atomic mass is 9.90. The number of phenolic OH excluding ortho intramolecular Hbond substituents is 1. The second-order valence-corrected chi connectivity index (χ2v) is 6.62. The molecule has 3 aromatic carbocycles. The molecule has 0 saturated heterocycles. The summed E-state index contributed by atoms with van der Waals surface area (Å²) >= 11 is 0. The Balaban J connectivity index is 1.75. The van der Waals surface area contributed by atoms with Crippen LogP contribution in [0.5, 0.6) is 17.2 Å². The van der Waals surface area contributed by atoms with Gasteiger partial charge in [0.05, 0.1) is 19.1 Å². The predicted molar refractivity (Wildman–Crippen MR) is 103 cm³/mol. The number of hydrogen-bond acceptors (Lipinski definition) is 4. The Morgan fingerprint density at radius 1 is 1.07 bits per heavy atom. The number of hydrogen-bond donors (Lipinski definition) is 1. The summed E-state index contributed by atoms with van der Waals surface area (Å²) < 4.78 is 11.4. The normalized spacial score (nSPS) is 15.7. The highest BCUT2D eigenvalue weighted by atomic mass is 16.5. The van der Waals surface area contributed by atoms with Crippen LogP contribution >= 0.6 is 0 Å². The van der Waals surface area contributed by atoms with E-state index in [0.29, 0.717) is 23.5 Å². The molecule has 1 aliphatic rings. The largest absolute Gasteiger partial charge is 0.504 e. The van der Waals surface area contributed by atoms with Gasteiger partial charge in [-0.1, -0.05) is 42.5 Å². The summed E-state index contributed by atoms with van der Waals surface area (Å²) in [6.45, 7) is 0. The molecular formula is C23H20O4. The highest BCUT2D eigenvalue weighted by Crippen LogP contribution is 2.40. The number of fused-ring (bicyclic) bond motifs is 1. The lowest BCUT2D eigenvalue weighted by molar-refractivity contribution is 0.0849. The smallest absolute Gasteiger partial charge is 0.170 e. The highest BCUT2D eigenvalue weighted by Gasteiger charge is 2.29. The number of ketones is 1. The van der Waals surface area contributed by atoms with E-state index in [2.05, 4.69) is 0 Å². The molecule has 1 atom stereocenters. The topological polar surface area (TPSA) is 55.8 Å². The predicted octanol–water partition coefficient (Wildman–Crippen LogP) is 4.70. The molecule has 0 aliphatic carbocycles. The minimum absolute atomic E-state index is 0.0409. The zero-order valence-corrected chi connectivity index (χ0v) is 15.0. The van der Waals surface area contributed by atoms with Gasteiger partial charge < -0.3 is 14.6 Å². The van der Waals surface area contributed by atoms with E-state index in [1.165, 1.54) is 7.11 Å². The lowest BCUT2D eigenvalue weighted by Crippen LogP contribution is -2.21. The summed E-state index contributed by atoms with van der Waals surface area (Å²) in [6, 6.07) is 20.8. The summed E-state index contributed by atoms with van der Waals surface area (Å²) in [4.78, 5) is 12.6. The third kappa shape index (κ3) is 3.38. The van der Waals surface area contributed by atoms with E-state index in [0.717, 1.165) is 16.7 Å². The van der Waals surface area contributed by atoms with E-state index in [-0.39, 0.29) is 18.0 Å². The first kappa shape index (κ1) is 17.2. The first-order valence-electron chi connectivity index (χ1n) is 8.88. The van der Waals surface area contributed by atoms with E-state index in [1.807, 2.05) is 48.5 Å². The number of methoxy groups -OCH3 is 1. The van der Waals surface area contributed by atoms with E-state index in [9.17, 15) is 9.90 Å². The van der Waals surface area contributed by atoms with Crippen LogP contribution in [0.25, 0.3) is 0 Å². The maximum absolute atomic E-state index is 12.6. The molecule has 1 N–H and O–H groups in total. The maximum Gasteiger partial charge on any atom is 0.170 e. The lowest BCUT2D eigenvalue weighted by Gasteiger charge is -2.27. The van der Waals surface area contributed by atoms with Gasteiger partial charge in [0, 0.05) is 5.56 Å². The van der Waals surface area contributed by atoms with E-state index in [1.54, 1.807) is 18.2 Å². The molecule has 1 unspecified atom stereocenters. The van der Waals surface area contributed by atoms with Crippen molar-refractivity contribution in [1.82, 2.24) is 0 Å². The number of aromatic hydroxyl groups is 1. The van der Waals surface area contributed by atoms with Crippen molar-refractivity contribution in [1.29, 1.82) is 0 Å². The average molecular weight is 360 g/mol. The van der Waals surface area contributed by atoms with Crippen molar-refractivity contribution < 1.29 is 19.4 Å². The molecule has 27 heavy (non-hydrogen) atoms. The molecule has 0 bridgehead atoms. The van der Waals surface area contributed by atoms with Gasteiger partial charge in [0.15, 0.2) is 17.3 Å². The number of Topliss-reactive ketones (excluding diaryl/α,β-unsaturated/α-hetero) is 1. The molecule has 4 nitrogen and oxygen atoms in total. The summed E-state index contributed by atoms with van der Waals surface area (Å²) in [5.41, 5.74) is 3.51. The van der Waals surface area contributed by atoms with Crippen LogP contribution in [-0.2, 0) is 6.42 Å². The van der Waals surface area contributed by atoms with E-state index < -0.39 is 6.10 Å². The van der Waals surface area contributed by atoms with Gasteiger partial charge in [-0.3, -0.25) is 4.79 Å². The zero-order chi connectivity index (χ0) is 18.8. The quantitative estimate of drug-likeness (QED) is 0.733. The average Bonchev–Trinajstić information content (AvgIpc) is 2.70. The molecule has 0 spiro atoms. The molecule has 1 aliphatic heterocycles. The van der Waals surface area contributed by atoms with Gasteiger partial charge in [-0.25, -0.2) is 0 Å². The fourth-order valence-electron chi connectivity index (χ4n) is 3.51. The van der Waals surface area contributed by atoms with Gasteiger partial charge in [0.2, 0.25) is 0 Å². The van der Waals surface area contributed by atoms with Gasteiger partial charge in [-0.15, -0.1) is 0 Å². The fraction of sp³-hybridized carbons (Fsp3) is 0.174. The number of carbonyl (C=O) groups excluding carboxylic acids is 1. The second-order valence-electron chi connectivity index (χ2n) is 6.62. The van der Waals surface area contributed by atoms with Gasteiger partial charge in [0.25, 0.3) is 0 Å². The zero-order valence-electron chi connectivity index (χ0n) is 15.0. The van der Waals surface area contributed by atoms with Crippen LogP contribution in [0, 0.1) is 0 Å². The fourth-order valence-corrected chi connectivity index (χ4v) is 3.51. The standard InChI is InChI=1S/C23H20O4/c1-26-23-12-16(11-15-7-3-2-4-8-15)18(13-20(23)25)22-14-19(24)17-9-5-6-10-21(17)27-22/h2-10,12-13,22,25H,11,14H2,1H3. The molecule has 0 aromatic heterocycles. The van der Waals surface area contributed by atoms with Gasteiger partial charge in [-0.2, -0.15) is 0 Å². The molecule has 0 amide bonds. The molecule has 1 heterocycles. The summed E-state index contributed by atoms with van der Waals surface area (Å²) in [6.07, 6.45) is 0.454. The second kappa shape index (κ2) is 7.16. The summed E-state index contributed by atoms with van der Waals surface area (Å²) in [7, 11) is 1.53. The molecule has 0 radical (unpaired) electrons. The molecular weight excluding hydrogens is 340 g/mol. The van der Waals surface area contributed by atoms with Crippen molar-refractivity contribution in [3.05, 3.63) is 89.0 Å². The molecule has 4 rings (SSSR count). The first-order valence-corrected chi connectivity index (χ1v) is 8.88. The van der Waals surface area contributed by atoms with Crippen LogP contribution in [-0.4, -0.2) is 18.0 Å². The SMILES string of the molecule is COc1cc(Cc2ccccc2)c(C2CC(=O)c3ccccc3O2)cc1O. The molecule has 4 heteroatoms. The minimum atomic E-state index is -0.442. The third-order valence-electron chi connectivity index (χ3n) is 4.85. The van der Waals surface area contributed by atoms with Gasteiger partial charge >= 0.3 is 0 Å². The highest BCUT2D eigenvalue weighted by molar-refractivity contribution is 6.00. The summed E-state index contributed by atoms with van der Waals surface area (Å²) in [5, 5.41) is 10.3. The Kier molecular flexibility index (Phi) is 4.55. The monoisotopic (exact) mass is 360 g/mol. The molecule has 3 aromatic rings. The number of carbonyl (C=O) groups is 1. The minimum Gasteiger partial charge on any atom is -0.504 e. The number of benzene rings is 3. The van der Waals surface area contributed by atoms with Crippen LogP contribution < -0.4 is 9.47 Å². The van der Waals surface area contributed by atoms with E-state index >= 15 is 0 Å². The summed E-state index contributed by atoms with van der Waals surface area (Å²) in [5.74, 6) is 1.08. The molecule has 0 fully saturated rings. The Bertz CT molecular complexity index is 979. The number of para-hydroxylation sites is 1.